The summed E-state index contributed by atoms with van der Waals surface area (Å²) in [6, 6.07) is 35.6. The van der Waals surface area contributed by atoms with Gasteiger partial charge in [0.25, 0.3) is 0 Å². The molecule has 0 heterocycles. The number of carbonyl (C=O) groups is 1. The van der Waals surface area contributed by atoms with Crippen LogP contribution in [0.2, 0.25) is 0 Å². The summed E-state index contributed by atoms with van der Waals surface area (Å²) >= 11 is 1.65. The first-order chi connectivity index (χ1) is 22.8. The Morgan fingerprint density at radius 2 is 1.08 bits per heavy atom. The van der Waals surface area contributed by atoms with Gasteiger partial charge in [-0.3, -0.25) is 0 Å². The first-order valence-corrected chi connectivity index (χ1v) is 19.6. The van der Waals surface area contributed by atoms with E-state index < -0.39 is 32.3 Å². The van der Waals surface area contributed by atoms with Crippen LogP contribution in [-0.2, 0) is 24.5 Å². The van der Waals surface area contributed by atoms with Crippen LogP contribution in [0.3, 0.4) is 0 Å². The van der Waals surface area contributed by atoms with E-state index in [1.54, 1.807) is 66.4 Å². The lowest BCUT2D eigenvalue weighted by Gasteiger charge is -2.12. The van der Waals surface area contributed by atoms with Gasteiger partial charge in [-0.05, 0) is 93.9 Å². The van der Waals surface area contributed by atoms with Crippen LogP contribution in [-0.4, -0.2) is 52.8 Å². The summed E-state index contributed by atoms with van der Waals surface area (Å²) in [4.78, 5) is 12.5. The molecule has 246 valence electrons. The number of aliphatic carboxylic acids is 1. The maximum Gasteiger partial charge on any atom is 0.341 e. The van der Waals surface area contributed by atoms with Crippen molar-refractivity contribution in [1.29, 1.82) is 0 Å². The standard InChI is InChI=1S/C38H34O7S3/c1-26-24-33(16-21-37(26)45-25-38(39)40)46-23-22-36(31-8-4-27(5-9-31)29-12-17-34(18-13-29)47(2,41)42)32-10-6-28(7-11-32)30-14-19-35(20-15-30)48(3,43)44/h4-22,24H,23,25H2,1-3H3,(H,39,40). The van der Waals surface area contributed by atoms with Gasteiger partial charge in [-0.25, -0.2) is 21.6 Å². The molecule has 5 aromatic carbocycles. The number of hydrogen-bond acceptors (Lipinski definition) is 7. The molecule has 5 rings (SSSR count). The number of hydrogen-bond donors (Lipinski definition) is 1. The van der Waals surface area contributed by atoms with E-state index in [9.17, 15) is 21.6 Å². The first-order valence-electron chi connectivity index (χ1n) is 14.9. The molecule has 10 heteroatoms. The normalized spacial score (nSPS) is 11.6. The van der Waals surface area contributed by atoms with Crippen molar-refractivity contribution >= 4 is 43.0 Å². The monoisotopic (exact) mass is 698 g/mol. The van der Waals surface area contributed by atoms with Gasteiger partial charge in [0.15, 0.2) is 26.3 Å². The fourth-order valence-electron chi connectivity index (χ4n) is 5.11. The third-order valence-corrected chi connectivity index (χ3v) is 10.8. The number of sulfone groups is 2. The zero-order valence-electron chi connectivity index (χ0n) is 26.6. The van der Waals surface area contributed by atoms with Gasteiger partial charge in [0.2, 0.25) is 0 Å². The predicted molar refractivity (Wildman–Crippen MR) is 192 cm³/mol. The van der Waals surface area contributed by atoms with Gasteiger partial charge in [-0.15, -0.1) is 11.8 Å². The molecule has 0 aliphatic carbocycles. The smallest absolute Gasteiger partial charge is 0.341 e. The summed E-state index contributed by atoms with van der Waals surface area (Å²) in [6.45, 7) is 1.49. The molecule has 0 fully saturated rings. The van der Waals surface area contributed by atoms with Crippen LogP contribution >= 0.6 is 11.8 Å². The van der Waals surface area contributed by atoms with Crippen LogP contribution in [0.4, 0.5) is 0 Å². The summed E-state index contributed by atoms with van der Waals surface area (Å²) in [7, 11) is -6.56. The highest BCUT2D eigenvalue weighted by Gasteiger charge is 2.11. The molecule has 1 N–H and O–H groups in total. The molecule has 0 aromatic heterocycles. The second kappa shape index (κ2) is 14.6. The molecular formula is C38H34O7S3. The van der Waals surface area contributed by atoms with Gasteiger partial charge in [-0.2, -0.15) is 0 Å². The second-order valence-electron chi connectivity index (χ2n) is 11.3. The molecule has 0 aliphatic heterocycles. The van der Waals surface area contributed by atoms with E-state index in [2.05, 4.69) is 6.08 Å². The van der Waals surface area contributed by atoms with Crippen LogP contribution in [0.5, 0.6) is 5.75 Å². The SMILES string of the molecule is Cc1cc(SCC=C(c2ccc(-c3ccc(S(C)(=O)=O)cc3)cc2)c2ccc(-c3ccc(S(C)(=O)=O)cc3)cc2)ccc1OCC(=O)O. The molecule has 0 atom stereocenters. The van der Waals surface area contributed by atoms with E-state index in [0.29, 0.717) is 11.5 Å². The van der Waals surface area contributed by atoms with Crippen molar-refractivity contribution in [3.05, 3.63) is 138 Å². The fraction of sp³-hybridized carbons (Fsp3) is 0.132. The summed E-state index contributed by atoms with van der Waals surface area (Å²) in [6.07, 6.45) is 4.55. The van der Waals surface area contributed by atoms with Gasteiger partial charge in [-0.1, -0.05) is 78.9 Å². The van der Waals surface area contributed by atoms with Gasteiger partial charge in [0.1, 0.15) is 5.75 Å². The number of ether oxygens (including phenoxy) is 1. The van der Waals surface area contributed by atoms with Crippen LogP contribution in [0.1, 0.15) is 16.7 Å². The highest BCUT2D eigenvalue weighted by Crippen LogP contribution is 2.32. The van der Waals surface area contributed by atoms with Gasteiger partial charge in [0.05, 0.1) is 9.79 Å². The Kier molecular flexibility index (Phi) is 10.6. The maximum absolute atomic E-state index is 11.9. The second-order valence-corrected chi connectivity index (χ2v) is 16.4. The highest BCUT2D eigenvalue weighted by atomic mass is 32.2. The van der Waals surface area contributed by atoms with Crippen molar-refractivity contribution in [2.45, 2.75) is 21.6 Å². The maximum atomic E-state index is 11.9. The molecule has 5 aromatic rings. The van der Waals surface area contributed by atoms with E-state index in [1.165, 1.54) is 12.5 Å². The van der Waals surface area contributed by atoms with Crippen molar-refractivity contribution in [3.63, 3.8) is 0 Å². The minimum Gasteiger partial charge on any atom is -0.482 e. The van der Waals surface area contributed by atoms with E-state index >= 15 is 0 Å². The number of carboxylic acid groups (broad SMARTS) is 1. The zero-order valence-corrected chi connectivity index (χ0v) is 29.0. The van der Waals surface area contributed by atoms with Crippen LogP contribution in [0.15, 0.2) is 136 Å². The minimum atomic E-state index is -3.28. The van der Waals surface area contributed by atoms with Crippen molar-refractivity contribution in [2.75, 3.05) is 24.9 Å². The van der Waals surface area contributed by atoms with Gasteiger partial charge < -0.3 is 9.84 Å². The van der Waals surface area contributed by atoms with E-state index in [-0.39, 0.29) is 9.79 Å². The summed E-state index contributed by atoms with van der Waals surface area (Å²) < 4.78 is 52.9. The molecule has 0 bridgehead atoms. The van der Waals surface area contributed by atoms with E-state index in [4.69, 9.17) is 9.84 Å². The molecule has 0 aliphatic rings. The summed E-state index contributed by atoms with van der Waals surface area (Å²) in [5, 5.41) is 8.92. The van der Waals surface area contributed by atoms with Crippen molar-refractivity contribution in [1.82, 2.24) is 0 Å². The highest BCUT2D eigenvalue weighted by molar-refractivity contribution is 7.99. The number of carboxylic acids is 1. The molecule has 48 heavy (non-hydrogen) atoms. The molecule has 0 spiro atoms. The topological polar surface area (TPSA) is 115 Å². The summed E-state index contributed by atoms with van der Waals surface area (Å²) in [5.74, 6) is 0.171. The molecule has 0 radical (unpaired) electrons. The van der Waals surface area contributed by atoms with E-state index in [0.717, 1.165) is 49.4 Å². The fourth-order valence-corrected chi connectivity index (χ4v) is 7.24. The number of thioether (sulfide) groups is 1. The lowest BCUT2D eigenvalue weighted by atomic mass is 9.94. The quantitative estimate of drug-likeness (QED) is 0.131. The van der Waals surface area contributed by atoms with Crippen LogP contribution in [0.25, 0.3) is 27.8 Å². The Labute approximate surface area is 285 Å². The molecule has 0 amide bonds. The van der Waals surface area contributed by atoms with Crippen molar-refractivity contribution < 1.29 is 31.5 Å². The van der Waals surface area contributed by atoms with Crippen LogP contribution in [0, 0.1) is 6.92 Å². The van der Waals surface area contributed by atoms with Crippen LogP contribution < -0.4 is 4.74 Å². The number of aryl methyl sites for hydroxylation is 1. The Morgan fingerprint density at radius 3 is 1.46 bits per heavy atom. The summed E-state index contributed by atoms with van der Waals surface area (Å²) in [5.41, 5.74) is 7.63. The predicted octanol–water partition coefficient (Wildman–Crippen LogP) is 7.82. The third-order valence-electron chi connectivity index (χ3n) is 7.66. The largest absolute Gasteiger partial charge is 0.482 e. The molecule has 0 saturated heterocycles. The molecule has 7 nitrogen and oxygen atoms in total. The Balaban J connectivity index is 1.42. The average molecular weight is 699 g/mol. The number of benzene rings is 5. The Hall–Kier alpha value is -4.64. The Bertz CT molecular complexity index is 2050. The molecule has 0 unspecified atom stereocenters. The zero-order chi connectivity index (χ0) is 34.5. The van der Waals surface area contributed by atoms with Gasteiger partial charge >= 0.3 is 5.97 Å². The molecular weight excluding hydrogens is 665 g/mol. The average Bonchev–Trinajstić information content (AvgIpc) is 3.06. The Morgan fingerprint density at radius 1 is 0.667 bits per heavy atom. The van der Waals surface area contributed by atoms with Gasteiger partial charge in [0, 0.05) is 23.2 Å². The third kappa shape index (κ3) is 8.83. The molecule has 0 saturated carbocycles. The van der Waals surface area contributed by atoms with E-state index in [1.807, 2.05) is 67.6 Å². The minimum absolute atomic E-state index is 0.276. The van der Waals surface area contributed by atoms with Crippen molar-refractivity contribution in [3.8, 4) is 28.0 Å². The first kappa shape index (κ1) is 34.7. The lowest BCUT2D eigenvalue weighted by molar-refractivity contribution is -0.139. The lowest BCUT2D eigenvalue weighted by Crippen LogP contribution is -2.09. The number of rotatable bonds is 12. The van der Waals surface area contributed by atoms with Crippen molar-refractivity contribution in [2.24, 2.45) is 0 Å².